The minimum absolute atomic E-state index is 0.673. The van der Waals surface area contributed by atoms with Crippen LogP contribution < -0.4 is 0 Å². The Kier molecular flexibility index (Phi) is 4.23. The van der Waals surface area contributed by atoms with Crippen molar-refractivity contribution >= 4 is 29.6 Å². The molecule has 86 valence electrons. The molecule has 0 rings (SSSR count). The van der Waals surface area contributed by atoms with Crippen LogP contribution in [0.4, 0.5) is 13.2 Å². The second-order valence-corrected chi connectivity index (χ2v) is 7.36. The number of alkyl halides is 3. The third-order valence-corrected chi connectivity index (χ3v) is 3.92. The van der Waals surface area contributed by atoms with E-state index in [9.17, 15) is 30.0 Å². The van der Waals surface area contributed by atoms with Crippen LogP contribution in [0.3, 0.4) is 0 Å². The van der Waals surface area contributed by atoms with Crippen LogP contribution in [0, 0.1) is 0 Å². The predicted octanol–water partition coefficient (Wildman–Crippen LogP) is 0.880. The summed E-state index contributed by atoms with van der Waals surface area (Å²) < 4.78 is 76.3. The molecule has 0 atom stereocenters. The first-order valence-electron chi connectivity index (χ1n) is 3.17. The molecule has 0 aromatic heterocycles. The fourth-order valence-electron chi connectivity index (χ4n) is 0.537. The molecule has 0 unspecified atom stereocenters. The highest BCUT2D eigenvalue weighted by atomic mass is 35.7. The molecule has 0 spiro atoms. The van der Waals surface area contributed by atoms with Crippen molar-refractivity contribution in [3.8, 4) is 0 Å². The summed E-state index contributed by atoms with van der Waals surface area (Å²) in [5, 5.41) is 0. The molecular formula is C4H6ClF3O4S2. The Bertz CT molecular complexity index is 381. The van der Waals surface area contributed by atoms with Gasteiger partial charge in [-0.1, -0.05) is 0 Å². The van der Waals surface area contributed by atoms with E-state index in [-0.39, 0.29) is 0 Å². The van der Waals surface area contributed by atoms with Crippen molar-refractivity contribution < 1.29 is 30.0 Å². The van der Waals surface area contributed by atoms with E-state index >= 15 is 0 Å². The van der Waals surface area contributed by atoms with Crippen molar-refractivity contribution in [2.75, 3.05) is 11.5 Å². The minimum atomic E-state index is -5.34. The van der Waals surface area contributed by atoms with Crippen molar-refractivity contribution in [2.45, 2.75) is 11.9 Å². The van der Waals surface area contributed by atoms with E-state index in [1.807, 2.05) is 0 Å². The first-order valence-corrected chi connectivity index (χ1v) is 7.30. The molecule has 0 saturated heterocycles. The Labute approximate surface area is 83.4 Å². The van der Waals surface area contributed by atoms with Crippen molar-refractivity contribution in [3.63, 3.8) is 0 Å². The van der Waals surface area contributed by atoms with Gasteiger partial charge in [0, 0.05) is 10.7 Å². The maximum Gasteiger partial charge on any atom is 0.497 e. The fraction of sp³-hybridized carbons (Fsp3) is 1.00. The molecule has 0 aliphatic carbocycles. The molecule has 0 fully saturated rings. The Balaban J connectivity index is 4.31. The Morgan fingerprint density at radius 3 is 1.71 bits per heavy atom. The van der Waals surface area contributed by atoms with Crippen molar-refractivity contribution in [3.05, 3.63) is 0 Å². The van der Waals surface area contributed by atoms with Crippen molar-refractivity contribution in [2.24, 2.45) is 0 Å². The predicted molar refractivity (Wildman–Crippen MR) is 44.1 cm³/mol. The van der Waals surface area contributed by atoms with Crippen LogP contribution in [0.5, 0.6) is 0 Å². The van der Waals surface area contributed by atoms with Gasteiger partial charge in [-0.2, -0.15) is 13.2 Å². The standard InChI is InChI=1S/C4H6ClF3O4S2/c5-14(11,12)3-1-2-13(9,10)4(6,7)8/h1-3H2. The molecule has 0 aliphatic rings. The van der Waals surface area contributed by atoms with E-state index in [0.717, 1.165) is 0 Å². The second-order valence-electron chi connectivity index (χ2n) is 2.36. The Morgan fingerprint density at radius 1 is 1.00 bits per heavy atom. The minimum Gasteiger partial charge on any atom is -0.220 e. The topological polar surface area (TPSA) is 68.3 Å². The van der Waals surface area contributed by atoms with Gasteiger partial charge in [0.2, 0.25) is 18.9 Å². The van der Waals surface area contributed by atoms with E-state index in [4.69, 9.17) is 0 Å². The number of hydrogen-bond acceptors (Lipinski definition) is 4. The zero-order valence-electron chi connectivity index (χ0n) is 6.58. The summed E-state index contributed by atoms with van der Waals surface area (Å²) in [7, 11) is -4.52. The van der Waals surface area contributed by atoms with Crippen LogP contribution in [0.25, 0.3) is 0 Å². The number of rotatable bonds is 4. The van der Waals surface area contributed by atoms with Crippen LogP contribution in [0.2, 0.25) is 0 Å². The van der Waals surface area contributed by atoms with Gasteiger partial charge < -0.3 is 0 Å². The number of halogens is 4. The molecule has 4 nitrogen and oxygen atoms in total. The molecule has 0 N–H and O–H groups in total. The Hall–Kier alpha value is -0.0200. The summed E-state index contributed by atoms with van der Waals surface area (Å²) >= 11 is 0. The van der Waals surface area contributed by atoms with Gasteiger partial charge in [0.25, 0.3) is 0 Å². The molecular weight excluding hydrogens is 269 g/mol. The number of hydrogen-bond donors (Lipinski definition) is 0. The highest BCUT2D eigenvalue weighted by molar-refractivity contribution is 8.13. The van der Waals surface area contributed by atoms with Gasteiger partial charge in [0.15, 0.2) is 0 Å². The van der Waals surface area contributed by atoms with Gasteiger partial charge in [0.05, 0.1) is 11.5 Å². The Morgan fingerprint density at radius 2 is 1.43 bits per heavy atom. The van der Waals surface area contributed by atoms with Crippen molar-refractivity contribution in [1.82, 2.24) is 0 Å². The van der Waals surface area contributed by atoms with Gasteiger partial charge in [0.1, 0.15) is 0 Å². The normalized spacial score (nSPS) is 14.3. The fourth-order valence-corrected chi connectivity index (χ4v) is 2.29. The summed E-state index contributed by atoms with van der Waals surface area (Å²) in [6.45, 7) is 0. The third-order valence-electron chi connectivity index (χ3n) is 1.15. The van der Waals surface area contributed by atoms with Gasteiger partial charge in [-0.05, 0) is 6.42 Å². The van der Waals surface area contributed by atoms with Crippen LogP contribution in [0.15, 0.2) is 0 Å². The van der Waals surface area contributed by atoms with Crippen LogP contribution in [0.1, 0.15) is 6.42 Å². The summed E-state index contributed by atoms with van der Waals surface area (Å²) in [4.78, 5) is 0. The smallest absolute Gasteiger partial charge is 0.220 e. The molecule has 0 aromatic rings. The first-order chi connectivity index (χ1) is 5.96. The zero-order valence-corrected chi connectivity index (χ0v) is 8.97. The van der Waals surface area contributed by atoms with Crippen LogP contribution >= 0.6 is 10.7 Å². The summed E-state index contributed by atoms with van der Waals surface area (Å²) in [5.74, 6) is -2.08. The van der Waals surface area contributed by atoms with Crippen LogP contribution in [-0.2, 0) is 18.9 Å². The second kappa shape index (κ2) is 4.23. The highest BCUT2D eigenvalue weighted by Gasteiger charge is 2.44. The molecule has 0 bridgehead atoms. The van der Waals surface area contributed by atoms with Gasteiger partial charge in [-0.15, -0.1) is 0 Å². The molecule has 0 saturated carbocycles. The summed E-state index contributed by atoms with van der Waals surface area (Å²) in [5.41, 5.74) is -5.34. The quantitative estimate of drug-likeness (QED) is 0.714. The summed E-state index contributed by atoms with van der Waals surface area (Å²) in [6, 6.07) is 0. The number of sulfone groups is 1. The van der Waals surface area contributed by atoms with Gasteiger partial charge in [-0.3, -0.25) is 0 Å². The maximum absolute atomic E-state index is 11.7. The molecule has 0 radical (unpaired) electrons. The zero-order chi connectivity index (χ0) is 11.6. The molecule has 10 heteroatoms. The van der Waals surface area contributed by atoms with Gasteiger partial charge in [-0.25, -0.2) is 16.8 Å². The molecule has 0 heterocycles. The van der Waals surface area contributed by atoms with E-state index in [1.165, 1.54) is 0 Å². The van der Waals surface area contributed by atoms with E-state index in [0.29, 0.717) is 0 Å². The SMILES string of the molecule is O=S(=O)(Cl)CCCS(=O)(=O)C(F)(F)F. The maximum atomic E-state index is 11.7. The largest absolute Gasteiger partial charge is 0.497 e. The average Bonchev–Trinajstić information content (AvgIpc) is 1.80. The lowest BCUT2D eigenvalue weighted by Gasteiger charge is -2.06. The van der Waals surface area contributed by atoms with E-state index in [1.54, 1.807) is 0 Å². The average molecular weight is 275 g/mol. The lowest BCUT2D eigenvalue weighted by atomic mass is 10.6. The molecule has 14 heavy (non-hydrogen) atoms. The monoisotopic (exact) mass is 274 g/mol. The van der Waals surface area contributed by atoms with Gasteiger partial charge >= 0.3 is 5.51 Å². The third kappa shape index (κ3) is 5.01. The lowest BCUT2D eigenvalue weighted by Crippen LogP contribution is -2.26. The highest BCUT2D eigenvalue weighted by Crippen LogP contribution is 2.24. The van der Waals surface area contributed by atoms with E-state index in [2.05, 4.69) is 10.7 Å². The summed E-state index contributed by atoms with van der Waals surface area (Å²) in [6.07, 6.45) is -0.673. The molecule has 0 aromatic carbocycles. The van der Waals surface area contributed by atoms with Crippen LogP contribution in [-0.4, -0.2) is 33.8 Å². The first kappa shape index (κ1) is 14.0. The molecule has 0 aliphatic heterocycles. The van der Waals surface area contributed by atoms with E-state index < -0.39 is 42.3 Å². The lowest BCUT2D eigenvalue weighted by molar-refractivity contribution is -0.0435. The van der Waals surface area contributed by atoms with Crippen molar-refractivity contribution in [1.29, 1.82) is 0 Å². The molecule has 0 amide bonds.